The summed E-state index contributed by atoms with van der Waals surface area (Å²) in [6.45, 7) is 6.26. The number of aliphatic hydroxyl groups excluding tert-OH is 1. The predicted molar refractivity (Wildman–Crippen MR) is 135 cm³/mol. The Kier molecular flexibility index (Phi) is 7.10. The molecule has 2 aliphatic heterocycles. The summed E-state index contributed by atoms with van der Waals surface area (Å²) in [6, 6.07) is 8.80. The van der Waals surface area contributed by atoms with Crippen LogP contribution in [0.2, 0.25) is 0 Å². The Labute approximate surface area is 205 Å². The Balaban J connectivity index is 1.12. The van der Waals surface area contributed by atoms with Crippen molar-refractivity contribution in [3.8, 4) is 0 Å². The fourth-order valence-electron chi connectivity index (χ4n) is 5.06. The molecule has 1 saturated heterocycles. The third-order valence-corrected chi connectivity index (χ3v) is 7.08. The molecule has 3 aromatic rings. The molecule has 2 aliphatic rings. The van der Waals surface area contributed by atoms with E-state index in [2.05, 4.69) is 60.0 Å². The Morgan fingerprint density at radius 3 is 2.77 bits per heavy atom. The lowest BCUT2D eigenvalue weighted by Gasteiger charge is -2.31. The maximum absolute atomic E-state index is 11.6. The maximum Gasteiger partial charge on any atom is 0.219 e. The van der Waals surface area contributed by atoms with Gasteiger partial charge in [0.15, 0.2) is 11.6 Å². The minimum absolute atomic E-state index is 0.128. The van der Waals surface area contributed by atoms with Gasteiger partial charge in [0.1, 0.15) is 17.4 Å². The van der Waals surface area contributed by atoms with Gasteiger partial charge in [0.2, 0.25) is 5.91 Å². The molecule has 1 amide bonds. The van der Waals surface area contributed by atoms with E-state index in [9.17, 15) is 9.90 Å². The Morgan fingerprint density at radius 2 is 1.97 bits per heavy atom. The predicted octanol–water partition coefficient (Wildman–Crippen LogP) is 2.00. The number of fused-ring (bicyclic) bond motifs is 2. The molecule has 5 rings (SSSR count). The molecule has 1 aromatic carbocycles. The van der Waals surface area contributed by atoms with Crippen LogP contribution in [0.5, 0.6) is 0 Å². The van der Waals surface area contributed by atoms with Crippen molar-refractivity contribution >= 4 is 28.6 Å². The molecule has 1 fully saturated rings. The van der Waals surface area contributed by atoms with Crippen molar-refractivity contribution in [1.29, 1.82) is 0 Å². The summed E-state index contributed by atoms with van der Waals surface area (Å²) in [4.78, 5) is 24.6. The van der Waals surface area contributed by atoms with E-state index in [-0.39, 0.29) is 11.9 Å². The number of amides is 1. The minimum Gasteiger partial charge on any atom is -0.392 e. The van der Waals surface area contributed by atoms with Crippen LogP contribution >= 0.6 is 0 Å². The lowest BCUT2D eigenvalue weighted by Crippen LogP contribution is -2.41. The summed E-state index contributed by atoms with van der Waals surface area (Å²) in [7, 11) is 0. The lowest BCUT2D eigenvalue weighted by atomic mass is 9.99. The summed E-state index contributed by atoms with van der Waals surface area (Å²) < 4.78 is 0. The fourth-order valence-corrected chi connectivity index (χ4v) is 5.06. The van der Waals surface area contributed by atoms with Gasteiger partial charge in [-0.1, -0.05) is 24.3 Å². The number of nitrogens with one attached hydrogen (secondary N) is 3. The van der Waals surface area contributed by atoms with E-state index in [0.29, 0.717) is 25.3 Å². The second kappa shape index (κ2) is 10.6. The van der Waals surface area contributed by atoms with E-state index < -0.39 is 6.10 Å². The molecule has 0 aliphatic carbocycles. The molecular weight excluding hydrogens is 444 g/mol. The molecule has 186 valence electrons. The summed E-state index contributed by atoms with van der Waals surface area (Å²) in [5.74, 6) is 1.52. The van der Waals surface area contributed by atoms with Crippen molar-refractivity contribution in [2.45, 2.75) is 51.3 Å². The number of β-amino-alcohol motifs (C(OH)–C–C–N with tert-alkyl or cyclic N) is 1. The first-order valence-corrected chi connectivity index (χ1v) is 12.5. The Morgan fingerprint density at radius 1 is 1.17 bits per heavy atom. The summed E-state index contributed by atoms with van der Waals surface area (Å²) in [5, 5.41) is 24.9. The van der Waals surface area contributed by atoms with Crippen LogP contribution in [0.4, 0.5) is 11.6 Å². The molecule has 1 unspecified atom stereocenters. The van der Waals surface area contributed by atoms with E-state index in [1.165, 1.54) is 11.1 Å². The monoisotopic (exact) mass is 478 g/mol. The third-order valence-electron chi connectivity index (χ3n) is 7.08. The molecule has 0 bridgehead atoms. The van der Waals surface area contributed by atoms with E-state index >= 15 is 0 Å². The van der Waals surface area contributed by atoms with E-state index in [1.54, 1.807) is 13.3 Å². The lowest BCUT2D eigenvalue weighted by molar-refractivity contribution is -0.129. The zero-order chi connectivity index (χ0) is 24.2. The number of hydrogen-bond donors (Lipinski definition) is 4. The molecule has 1 atom stereocenters. The number of aromatic nitrogens is 4. The van der Waals surface area contributed by atoms with Crippen LogP contribution in [0, 0.1) is 0 Å². The van der Waals surface area contributed by atoms with E-state index in [0.717, 1.165) is 62.3 Å². The van der Waals surface area contributed by atoms with Crippen LogP contribution in [0.3, 0.4) is 0 Å². The topological polar surface area (TPSA) is 122 Å². The standard InChI is InChI=1S/C25H34N8O2/c1-17(34)33-12-8-20(9-13-33)29-24-23-22(27-16-28-24)25(31-30-23)26-10-6-21(35)15-32-11-7-18-4-2-3-5-19(18)14-32/h2-5,16,20-21,35H,6-15H2,1H3,(H2,26,30,31)(H,27,28,29). The molecule has 35 heavy (non-hydrogen) atoms. The van der Waals surface area contributed by atoms with Crippen LogP contribution < -0.4 is 10.6 Å². The molecule has 0 spiro atoms. The zero-order valence-corrected chi connectivity index (χ0v) is 20.2. The van der Waals surface area contributed by atoms with Gasteiger partial charge in [0.25, 0.3) is 0 Å². The molecule has 4 N–H and O–H groups in total. The molecule has 4 heterocycles. The number of H-pyrrole nitrogens is 1. The highest BCUT2D eigenvalue weighted by molar-refractivity contribution is 5.92. The van der Waals surface area contributed by atoms with Gasteiger partial charge >= 0.3 is 0 Å². The fraction of sp³-hybridized carbons (Fsp3) is 0.520. The van der Waals surface area contributed by atoms with Crippen LogP contribution in [0.25, 0.3) is 11.0 Å². The van der Waals surface area contributed by atoms with Crippen LogP contribution in [-0.2, 0) is 17.8 Å². The molecule has 10 nitrogen and oxygen atoms in total. The number of carbonyl (C=O) groups is 1. The van der Waals surface area contributed by atoms with Crippen molar-refractivity contribution in [2.75, 3.05) is 43.4 Å². The quantitative estimate of drug-likeness (QED) is 0.388. The van der Waals surface area contributed by atoms with Gasteiger partial charge in [0.05, 0.1) is 6.10 Å². The van der Waals surface area contributed by atoms with E-state index in [1.807, 2.05) is 4.90 Å². The first-order valence-electron chi connectivity index (χ1n) is 12.5. The minimum atomic E-state index is -0.411. The molecule has 10 heteroatoms. The number of nitrogens with zero attached hydrogens (tertiary/aromatic N) is 5. The number of likely N-dealkylation sites (tertiary alicyclic amines) is 1. The number of hydrogen-bond acceptors (Lipinski definition) is 8. The van der Waals surface area contributed by atoms with Crippen molar-refractivity contribution in [3.05, 3.63) is 41.7 Å². The summed E-state index contributed by atoms with van der Waals surface area (Å²) in [6.07, 6.45) is 4.55. The Bertz CT molecular complexity index is 1160. The van der Waals surface area contributed by atoms with Gasteiger partial charge in [0, 0.05) is 52.2 Å². The number of rotatable bonds is 8. The van der Waals surface area contributed by atoms with E-state index in [4.69, 9.17) is 0 Å². The average molecular weight is 479 g/mol. The van der Waals surface area contributed by atoms with Crippen molar-refractivity contribution in [3.63, 3.8) is 0 Å². The van der Waals surface area contributed by atoms with Gasteiger partial charge in [-0.2, -0.15) is 5.10 Å². The first-order chi connectivity index (χ1) is 17.1. The van der Waals surface area contributed by atoms with Crippen molar-refractivity contribution in [2.24, 2.45) is 0 Å². The first kappa shape index (κ1) is 23.5. The van der Waals surface area contributed by atoms with Crippen molar-refractivity contribution < 1.29 is 9.90 Å². The molecule has 0 radical (unpaired) electrons. The normalized spacial score (nSPS) is 17.8. The second-order valence-electron chi connectivity index (χ2n) is 9.57. The largest absolute Gasteiger partial charge is 0.392 e. The molecular formula is C25H34N8O2. The summed E-state index contributed by atoms with van der Waals surface area (Å²) >= 11 is 0. The number of aromatic amines is 1. The highest BCUT2D eigenvalue weighted by atomic mass is 16.3. The number of carbonyl (C=O) groups excluding carboxylic acids is 1. The SMILES string of the molecule is CC(=O)N1CCC(Nc2ncnc3c(NCCC(O)CN4CCc5ccccc5C4)n[nH]c23)CC1. The number of benzene rings is 1. The third kappa shape index (κ3) is 5.54. The highest BCUT2D eigenvalue weighted by Crippen LogP contribution is 2.25. The van der Waals surface area contributed by atoms with Gasteiger partial charge in [-0.3, -0.25) is 14.8 Å². The average Bonchev–Trinajstić information content (AvgIpc) is 3.28. The maximum atomic E-state index is 11.6. The van der Waals surface area contributed by atoms with Gasteiger partial charge in [-0.05, 0) is 36.8 Å². The van der Waals surface area contributed by atoms with Crippen LogP contribution in [0.15, 0.2) is 30.6 Å². The molecule has 2 aromatic heterocycles. The smallest absolute Gasteiger partial charge is 0.219 e. The number of piperidine rings is 1. The summed E-state index contributed by atoms with van der Waals surface area (Å²) in [5.41, 5.74) is 4.27. The molecule has 0 saturated carbocycles. The zero-order valence-electron chi connectivity index (χ0n) is 20.2. The van der Waals surface area contributed by atoms with Gasteiger partial charge < -0.3 is 20.6 Å². The van der Waals surface area contributed by atoms with Crippen LogP contribution in [0.1, 0.15) is 37.3 Å². The highest BCUT2D eigenvalue weighted by Gasteiger charge is 2.22. The van der Waals surface area contributed by atoms with Gasteiger partial charge in [-0.25, -0.2) is 9.97 Å². The van der Waals surface area contributed by atoms with Crippen LogP contribution in [-0.4, -0.2) is 85.8 Å². The second-order valence-corrected chi connectivity index (χ2v) is 9.57. The number of anilines is 2. The van der Waals surface area contributed by atoms with Crippen molar-refractivity contribution in [1.82, 2.24) is 30.0 Å². The van der Waals surface area contributed by atoms with Gasteiger partial charge in [-0.15, -0.1) is 0 Å². The number of aliphatic hydroxyl groups is 1. The Hall–Kier alpha value is -3.24.